The molecule has 5 heteroatoms. The monoisotopic (exact) mass is 327 g/mol. The molecule has 0 aromatic heterocycles. The summed E-state index contributed by atoms with van der Waals surface area (Å²) in [7, 11) is 0. The molecule has 24 heavy (non-hydrogen) atoms. The predicted molar refractivity (Wildman–Crippen MR) is 87.7 cm³/mol. The molecule has 0 spiro atoms. The largest absolute Gasteiger partial charge is 0.483 e. The molecule has 0 bridgehead atoms. The molecule has 1 aliphatic carbocycles. The van der Waals surface area contributed by atoms with Crippen molar-refractivity contribution in [3.8, 4) is 5.75 Å². The average Bonchev–Trinajstić information content (AvgIpc) is 2.97. The van der Waals surface area contributed by atoms with E-state index in [0.29, 0.717) is 37.1 Å². The van der Waals surface area contributed by atoms with Crippen LogP contribution in [0.4, 0.5) is 4.39 Å². The Balaban J connectivity index is 1.46. The Labute approximate surface area is 139 Å². The molecule has 0 saturated heterocycles. The third-order valence-corrected chi connectivity index (χ3v) is 4.04. The molecule has 0 heterocycles. The average molecular weight is 327 g/mol. The number of benzene rings is 2. The maximum atomic E-state index is 12.8. The first-order chi connectivity index (χ1) is 11.6. The highest BCUT2D eigenvalue weighted by Crippen LogP contribution is 2.30. The van der Waals surface area contributed by atoms with E-state index < -0.39 is 0 Å². The fourth-order valence-corrected chi connectivity index (χ4v) is 2.78. The van der Waals surface area contributed by atoms with Crippen LogP contribution < -0.4 is 10.1 Å². The summed E-state index contributed by atoms with van der Waals surface area (Å²) in [5, 5.41) is 2.77. The lowest BCUT2D eigenvalue weighted by atomic mass is 10.1. The number of hydrogen-bond donors (Lipinski definition) is 1. The fraction of sp³-hybridized carbons (Fsp3) is 0.263. The second kappa shape index (κ2) is 7.25. The lowest BCUT2D eigenvalue weighted by Gasteiger charge is -2.10. The van der Waals surface area contributed by atoms with Gasteiger partial charge in [-0.1, -0.05) is 24.3 Å². The van der Waals surface area contributed by atoms with Gasteiger partial charge in [-0.25, -0.2) is 4.39 Å². The van der Waals surface area contributed by atoms with Crippen molar-refractivity contribution in [2.75, 3.05) is 13.2 Å². The van der Waals surface area contributed by atoms with E-state index in [2.05, 4.69) is 5.32 Å². The van der Waals surface area contributed by atoms with Gasteiger partial charge in [0.1, 0.15) is 11.6 Å². The zero-order valence-electron chi connectivity index (χ0n) is 13.2. The van der Waals surface area contributed by atoms with Crippen LogP contribution in [0.25, 0.3) is 0 Å². The standard InChI is InChI=1S/C19H18FNO3/c20-14-6-4-13(5-7-14)10-11-21-19(23)12-24-18-3-1-2-15-16(18)8-9-17(15)22/h1-7H,8-12H2,(H,21,23). The highest BCUT2D eigenvalue weighted by atomic mass is 19.1. The molecule has 0 saturated carbocycles. The van der Waals surface area contributed by atoms with E-state index in [1.54, 1.807) is 30.3 Å². The van der Waals surface area contributed by atoms with Crippen molar-refractivity contribution in [2.45, 2.75) is 19.3 Å². The Bertz CT molecular complexity index is 756. The first-order valence-corrected chi connectivity index (χ1v) is 7.92. The van der Waals surface area contributed by atoms with Crippen molar-refractivity contribution in [1.29, 1.82) is 0 Å². The molecule has 2 aromatic carbocycles. The quantitative estimate of drug-likeness (QED) is 0.887. The van der Waals surface area contributed by atoms with Crippen molar-refractivity contribution in [3.05, 3.63) is 65.0 Å². The van der Waals surface area contributed by atoms with Gasteiger partial charge in [0, 0.05) is 24.1 Å². The van der Waals surface area contributed by atoms with Crippen molar-refractivity contribution in [2.24, 2.45) is 0 Å². The summed E-state index contributed by atoms with van der Waals surface area (Å²) in [6, 6.07) is 11.5. The summed E-state index contributed by atoms with van der Waals surface area (Å²) in [6.45, 7) is 0.368. The van der Waals surface area contributed by atoms with E-state index in [1.807, 2.05) is 0 Å². The van der Waals surface area contributed by atoms with Crippen molar-refractivity contribution < 1.29 is 18.7 Å². The van der Waals surface area contributed by atoms with Gasteiger partial charge < -0.3 is 10.1 Å². The van der Waals surface area contributed by atoms with Crippen LogP contribution in [0.3, 0.4) is 0 Å². The summed E-state index contributed by atoms with van der Waals surface area (Å²) in [5.41, 5.74) is 2.54. The van der Waals surface area contributed by atoms with Gasteiger partial charge in [-0.05, 0) is 36.6 Å². The Kier molecular flexibility index (Phi) is 4.89. The van der Waals surface area contributed by atoms with Crippen molar-refractivity contribution >= 4 is 11.7 Å². The van der Waals surface area contributed by atoms with Gasteiger partial charge in [-0.15, -0.1) is 0 Å². The maximum Gasteiger partial charge on any atom is 0.257 e. The molecule has 0 atom stereocenters. The second-order valence-corrected chi connectivity index (χ2v) is 5.72. The summed E-state index contributed by atoms with van der Waals surface area (Å²) in [6.07, 6.45) is 1.79. The topological polar surface area (TPSA) is 55.4 Å². The number of amides is 1. The summed E-state index contributed by atoms with van der Waals surface area (Å²) in [4.78, 5) is 23.6. The minimum absolute atomic E-state index is 0.0892. The number of nitrogens with one attached hydrogen (secondary N) is 1. The van der Waals surface area contributed by atoms with Crippen LogP contribution in [0.2, 0.25) is 0 Å². The number of carbonyl (C=O) groups excluding carboxylic acids is 2. The Morgan fingerprint density at radius 2 is 1.92 bits per heavy atom. The van der Waals surface area contributed by atoms with Gasteiger partial charge >= 0.3 is 0 Å². The van der Waals surface area contributed by atoms with E-state index in [0.717, 1.165) is 11.1 Å². The molecule has 0 fully saturated rings. The number of halogens is 1. The van der Waals surface area contributed by atoms with Gasteiger partial charge in [0.25, 0.3) is 5.91 Å². The number of rotatable bonds is 6. The summed E-state index contributed by atoms with van der Waals surface area (Å²) < 4.78 is 18.4. The molecule has 1 N–H and O–H groups in total. The number of Topliss-reactive ketones (excluding diaryl/α,β-unsaturated/α-hetero) is 1. The first kappa shape index (κ1) is 16.2. The van der Waals surface area contributed by atoms with Crippen molar-refractivity contribution in [1.82, 2.24) is 5.32 Å². The van der Waals surface area contributed by atoms with Crippen LogP contribution in [0.5, 0.6) is 5.75 Å². The number of ketones is 1. The Morgan fingerprint density at radius 3 is 2.71 bits per heavy atom. The molecule has 3 rings (SSSR count). The molecule has 0 radical (unpaired) electrons. The molecule has 4 nitrogen and oxygen atoms in total. The Hall–Kier alpha value is -2.69. The molecular weight excluding hydrogens is 309 g/mol. The van der Waals surface area contributed by atoms with E-state index in [1.165, 1.54) is 12.1 Å². The lowest BCUT2D eigenvalue weighted by Crippen LogP contribution is -2.30. The van der Waals surface area contributed by atoms with E-state index >= 15 is 0 Å². The van der Waals surface area contributed by atoms with Gasteiger partial charge in [0.15, 0.2) is 12.4 Å². The summed E-state index contributed by atoms with van der Waals surface area (Å²) in [5.74, 6) is 0.232. The molecule has 0 unspecified atom stereocenters. The lowest BCUT2D eigenvalue weighted by molar-refractivity contribution is -0.123. The van der Waals surface area contributed by atoms with Crippen LogP contribution >= 0.6 is 0 Å². The first-order valence-electron chi connectivity index (χ1n) is 7.92. The number of hydrogen-bond acceptors (Lipinski definition) is 3. The van der Waals surface area contributed by atoms with Crippen LogP contribution in [0, 0.1) is 5.82 Å². The molecule has 1 amide bonds. The van der Waals surface area contributed by atoms with E-state index in [4.69, 9.17) is 4.74 Å². The van der Waals surface area contributed by atoms with Crippen LogP contribution in [0.1, 0.15) is 27.9 Å². The number of fused-ring (bicyclic) bond motifs is 1. The van der Waals surface area contributed by atoms with Crippen molar-refractivity contribution in [3.63, 3.8) is 0 Å². The molecular formula is C19H18FNO3. The smallest absolute Gasteiger partial charge is 0.257 e. The highest BCUT2D eigenvalue weighted by Gasteiger charge is 2.22. The van der Waals surface area contributed by atoms with Crippen LogP contribution in [-0.4, -0.2) is 24.8 Å². The van der Waals surface area contributed by atoms with Gasteiger partial charge in [-0.2, -0.15) is 0 Å². The Morgan fingerprint density at radius 1 is 1.12 bits per heavy atom. The van der Waals surface area contributed by atoms with Gasteiger partial charge in [-0.3, -0.25) is 9.59 Å². The second-order valence-electron chi connectivity index (χ2n) is 5.72. The highest BCUT2D eigenvalue weighted by molar-refractivity contribution is 6.01. The molecule has 124 valence electrons. The van der Waals surface area contributed by atoms with Crippen LogP contribution in [-0.2, 0) is 17.6 Å². The molecule has 1 aliphatic rings. The zero-order valence-corrected chi connectivity index (χ0v) is 13.2. The van der Waals surface area contributed by atoms with Gasteiger partial charge in [0.2, 0.25) is 0 Å². The SMILES string of the molecule is O=C(COc1cccc2c1CCC2=O)NCCc1ccc(F)cc1. The maximum absolute atomic E-state index is 12.8. The predicted octanol–water partition coefficient (Wildman–Crippen LogP) is 2.69. The minimum Gasteiger partial charge on any atom is -0.483 e. The minimum atomic E-state index is -0.273. The van der Waals surface area contributed by atoms with E-state index in [-0.39, 0.29) is 24.1 Å². The third kappa shape index (κ3) is 3.79. The summed E-state index contributed by atoms with van der Waals surface area (Å²) >= 11 is 0. The number of carbonyl (C=O) groups is 2. The van der Waals surface area contributed by atoms with E-state index in [9.17, 15) is 14.0 Å². The number of ether oxygens (including phenoxy) is 1. The van der Waals surface area contributed by atoms with Gasteiger partial charge in [0.05, 0.1) is 0 Å². The van der Waals surface area contributed by atoms with Crippen LogP contribution in [0.15, 0.2) is 42.5 Å². The molecule has 2 aromatic rings. The zero-order chi connectivity index (χ0) is 16.9. The molecule has 0 aliphatic heterocycles. The fourth-order valence-electron chi connectivity index (χ4n) is 2.78. The normalized spacial score (nSPS) is 12.8. The third-order valence-electron chi connectivity index (χ3n) is 4.04.